The van der Waals surface area contributed by atoms with Gasteiger partial charge in [0.1, 0.15) is 5.02 Å². The lowest BCUT2D eigenvalue weighted by molar-refractivity contribution is -0.384. The van der Waals surface area contributed by atoms with Crippen molar-refractivity contribution >= 4 is 23.2 Å². The van der Waals surface area contributed by atoms with Crippen LogP contribution in [0.15, 0.2) is 18.2 Å². The van der Waals surface area contributed by atoms with Crippen LogP contribution in [0.3, 0.4) is 0 Å². The van der Waals surface area contributed by atoms with Gasteiger partial charge >= 0.3 is 0 Å². The minimum Gasteiger partial charge on any atom is -0.352 e. The van der Waals surface area contributed by atoms with Crippen LogP contribution in [0.4, 0.5) is 5.69 Å². The van der Waals surface area contributed by atoms with Crippen molar-refractivity contribution < 1.29 is 9.72 Å². The van der Waals surface area contributed by atoms with E-state index in [4.69, 9.17) is 11.6 Å². The van der Waals surface area contributed by atoms with E-state index in [1.165, 1.54) is 31.0 Å². The highest BCUT2D eigenvalue weighted by molar-refractivity contribution is 6.32. The van der Waals surface area contributed by atoms with Gasteiger partial charge in [-0.1, -0.05) is 11.6 Å². The number of carbonyl (C=O) groups is 1. The van der Waals surface area contributed by atoms with E-state index in [2.05, 4.69) is 10.2 Å². The Morgan fingerprint density at radius 3 is 2.76 bits per heavy atom. The summed E-state index contributed by atoms with van der Waals surface area (Å²) in [4.78, 5) is 24.5. The summed E-state index contributed by atoms with van der Waals surface area (Å²) < 4.78 is 0. The maximum absolute atomic E-state index is 11.9. The van der Waals surface area contributed by atoms with Crippen molar-refractivity contribution in [1.29, 1.82) is 0 Å². The van der Waals surface area contributed by atoms with Crippen LogP contribution >= 0.6 is 11.6 Å². The van der Waals surface area contributed by atoms with E-state index < -0.39 is 4.92 Å². The maximum atomic E-state index is 11.9. The molecule has 1 amide bonds. The van der Waals surface area contributed by atoms with Crippen LogP contribution in [0.1, 0.15) is 29.6 Å². The number of nitrogens with one attached hydrogen (secondary N) is 1. The van der Waals surface area contributed by atoms with Crippen molar-refractivity contribution in [3.63, 3.8) is 0 Å². The molecule has 1 aromatic carbocycles. The molecule has 0 aliphatic carbocycles. The average Bonchev–Trinajstić information content (AvgIpc) is 2.96. The predicted octanol–water partition coefficient (Wildman–Crippen LogP) is 2.46. The quantitative estimate of drug-likeness (QED) is 0.497. The molecule has 0 radical (unpaired) electrons. The summed E-state index contributed by atoms with van der Waals surface area (Å²) in [5, 5.41) is 13.6. The molecule has 0 atom stereocenters. The maximum Gasteiger partial charge on any atom is 0.288 e. The van der Waals surface area contributed by atoms with Gasteiger partial charge in [0.2, 0.25) is 0 Å². The Hall–Kier alpha value is -1.66. The predicted molar refractivity (Wildman–Crippen MR) is 80.7 cm³/mol. The van der Waals surface area contributed by atoms with Crippen LogP contribution in [0.25, 0.3) is 0 Å². The van der Waals surface area contributed by atoms with Gasteiger partial charge in [0.25, 0.3) is 11.6 Å². The number of benzene rings is 1. The lowest BCUT2D eigenvalue weighted by Gasteiger charge is -2.14. The number of nitro groups is 1. The van der Waals surface area contributed by atoms with Crippen molar-refractivity contribution in [3.05, 3.63) is 38.9 Å². The van der Waals surface area contributed by atoms with Gasteiger partial charge in [-0.3, -0.25) is 14.9 Å². The molecule has 114 valence electrons. The van der Waals surface area contributed by atoms with E-state index in [9.17, 15) is 14.9 Å². The summed E-state index contributed by atoms with van der Waals surface area (Å²) in [5.41, 5.74) is 0.00801. The molecule has 7 heteroatoms. The molecule has 1 aliphatic heterocycles. The summed E-state index contributed by atoms with van der Waals surface area (Å²) in [6.45, 7) is 3.81. The Balaban J connectivity index is 1.82. The molecule has 0 saturated carbocycles. The normalized spacial score (nSPS) is 15.1. The summed E-state index contributed by atoms with van der Waals surface area (Å²) >= 11 is 5.72. The molecule has 1 saturated heterocycles. The van der Waals surface area contributed by atoms with Gasteiger partial charge < -0.3 is 10.2 Å². The number of likely N-dealkylation sites (tertiary alicyclic amines) is 1. The van der Waals surface area contributed by atoms with Gasteiger partial charge in [0.15, 0.2) is 0 Å². The SMILES string of the molecule is O=C(NCCCN1CCCC1)c1ccc(Cl)c([N+](=O)[O-])c1. The van der Waals surface area contributed by atoms with E-state index in [0.717, 1.165) is 26.1 Å². The number of halogens is 1. The average molecular weight is 312 g/mol. The number of carbonyl (C=O) groups excluding carboxylic acids is 1. The van der Waals surface area contributed by atoms with Gasteiger partial charge in [-0.15, -0.1) is 0 Å². The smallest absolute Gasteiger partial charge is 0.288 e. The first-order valence-corrected chi connectivity index (χ1v) is 7.40. The molecule has 6 nitrogen and oxygen atoms in total. The first-order valence-electron chi connectivity index (χ1n) is 7.02. The van der Waals surface area contributed by atoms with Gasteiger partial charge in [0.05, 0.1) is 4.92 Å². The first-order chi connectivity index (χ1) is 10.1. The molecule has 1 N–H and O–H groups in total. The number of hydrogen-bond donors (Lipinski definition) is 1. The highest BCUT2D eigenvalue weighted by Crippen LogP contribution is 2.24. The third-order valence-corrected chi connectivity index (χ3v) is 3.86. The topological polar surface area (TPSA) is 75.5 Å². The monoisotopic (exact) mass is 311 g/mol. The Kier molecular flexibility index (Phi) is 5.52. The molecule has 21 heavy (non-hydrogen) atoms. The minimum atomic E-state index is -0.591. The zero-order chi connectivity index (χ0) is 15.2. The van der Waals surface area contributed by atoms with Gasteiger partial charge in [-0.05, 0) is 51.0 Å². The minimum absolute atomic E-state index is 0.0329. The third kappa shape index (κ3) is 4.41. The van der Waals surface area contributed by atoms with Crippen LogP contribution in [0.5, 0.6) is 0 Å². The van der Waals surface area contributed by atoms with Crippen LogP contribution in [-0.4, -0.2) is 41.9 Å². The molecule has 0 unspecified atom stereocenters. The lowest BCUT2D eigenvalue weighted by Crippen LogP contribution is -2.28. The Bertz CT molecular complexity index is 530. The van der Waals surface area contributed by atoms with Crippen LogP contribution in [0.2, 0.25) is 5.02 Å². The van der Waals surface area contributed by atoms with E-state index >= 15 is 0 Å². The number of hydrogen-bond acceptors (Lipinski definition) is 4. The van der Waals surface area contributed by atoms with Gasteiger partial charge in [-0.25, -0.2) is 0 Å². The van der Waals surface area contributed by atoms with Gasteiger partial charge in [-0.2, -0.15) is 0 Å². The second-order valence-corrected chi connectivity index (χ2v) is 5.49. The molecule has 1 heterocycles. The standard InChI is InChI=1S/C14H18ClN3O3/c15-12-5-4-11(10-13(12)18(20)21)14(19)16-6-3-9-17-7-1-2-8-17/h4-5,10H,1-3,6-9H2,(H,16,19). The van der Waals surface area contributed by atoms with Crippen molar-refractivity contribution in [2.75, 3.05) is 26.2 Å². The number of amides is 1. The van der Waals surface area contributed by atoms with Crippen molar-refractivity contribution in [2.45, 2.75) is 19.3 Å². The number of nitrogens with zero attached hydrogens (tertiary/aromatic N) is 2. The fourth-order valence-electron chi connectivity index (χ4n) is 2.41. The molecule has 2 rings (SSSR count). The molecule has 0 spiro atoms. The zero-order valence-electron chi connectivity index (χ0n) is 11.7. The zero-order valence-corrected chi connectivity index (χ0v) is 12.4. The Labute approximate surface area is 128 Å². The highest BCUT2D eigenvalue weighted by Gasteiger charge is 2.16. The third-order valence-electron chi connectivity index (χ3n) is 3.54. The molecule has 1 fully saturated rings. The Morgan fingerprint density at radius 1 is 1.38 bits per heavy atom. The fraction of sp³-hybridized carbons (Fsp3) is 0.500. The second-order valence-electron chi connectivity index (χ2n) is 5.08. The molecule has 1 aliphatic rings. The van der Waals surface area contributed by atoms with E-state index in [-0.39, 0.29) is 22.2 Å². The van der Waals surface area contributed by atoms with E-state index in [0.29, 0.717) is 6.54 Å². The van der Waals surface area contributed by atoms with Crippen molar-refractivity contribution in [1.82, 2.24) is 10.2 Å². The molecule has 0 aromatic heterocycles. The largest absolute Gasteiger partial charge is 0.352 e. The summed E-state index contributed by atoms with van der Waals surface area (Å²) in [6.07, 6.45) is 3.38. The lowest BCUT2D eigenvalue weighted by atomic mass is 10.2. The number of nitro benzene ring substituents is 1. The summed E-state index contributed by atoms with van der Waals surface area (Å²) in [5.74, 6) is -0.309. The second kappa shape index (κ2) is 7.38. The van der Waals surface area contributed by atoms with E-state index in [1.54, 1.807) is 0 Å². The van der Waals surface area contributed by atoms with Crippen LogP contribution in [0, 0.1) is 10.1 Å². The van der Waals surface area contributed by atoms with E-state index in [1.807, 2.05) is 0 Å². The summed E-state index contributed by atoms with van der Waals surface area (Å²) in [7, 11) is 0. The molecular weight excluding hydrogens is 294 g/mol. The Morgan fingerprint density at radius 2 is 2.10 bits per heavy atom. The fourth-order valence-corrected chi connectivity index (χ4v) is 2.59. The van der Waals surface area contributed by atoms with Crippen LogP contribution in [-0.2, 0) is 0 Å². The highest BCUT2D eigenvalue weighted by atomic mass is 35.5. The summed E-state index contributed by atoms with van der Waals surface area (Å²) in [6, 6.07) is 4.07. The van der Waals surface area contributed by atoms with Gasteiger partial charge in [0, 0.05) is 18.2 Å². The number of rotatable bonds is 6. The first kappa shape index (κ1) is 15.7. The molecule has 0 bridgehead atoms. The van der Waals surface area contributed by atoms with Crippen molar-refractivity contribution in [3.8, 4) is 0 Å². The molecular formula is C14H18ClN3O3. The van der Waals surface area contributed by atoms with Crippen LogP contribution < -0.4 is 5.32 Å². The molecule has 1 aromatic rings. The van der Waals surface area contributed by atoms with Crippen molar-refractivity contribution in [2.24, 2.45) is 0 Å².